The predicted molar refractivity (Wildman–Crippen MR) is 335 cm³/mol. The summed E-state index contributed by atoms with van der Waals surface area (Å²) in [6.45, 7) is 37.8. The Morgan fingerprint density at radius 2 is 1.26 bits per heavy atom. The SMILES string of the molecule is CC.CC.CC.CCC.CCCC.CCCC.CCCSCC.CCCSCC.CCSCC.CCSSCC(=O)NC1C(O)CC(OP(=O)([O-])OCC2OC(n3ccc(N)nc3=O)C(O)C2O)(C(=O)[O-])OC1[C@H](O)[C@H](O)CO.[Na+].[Na+]. The quantitative estimate of drug-likeness (QED) is 0.0301. The molecule has 3 rings (SSSR count). The van der Waals surface area contributed by atoms with Gasteiger partial charge in [-0.05, 0) is 53.4 Å². The van der Waals surface area contributed by atoms with Crippen molar-refractivity contribution in [3.63, 3.8) is 0 Å². The molecule has 1 aromatic heterocycles. The van der Waals surface area contributed by atoms with E-state index in [1.165, 1.54) is 96.3 Å². The second-order valence-corrected chi connectivity index (χ2v) is 24.1. The number of nitrogens with zero attached hydrogens (tertiary/aromatic N) is 2. The number of hydrogen-bond donors (Lipinski definition) is 8. The third-order valence-electron chi connectivity index (χ3n) is 9.15. The van der Waals surface area contributed by atoms with Crippen LogP contribution in [0.25, 0.3) is 0 Å². The zero-order chi connectivity index (χ0) is 63.0. The number of carboxylic acid groups (broad SMARTS) is 1. The van der Waals surface area contributed by atoms with Crippen LogP contribution in [0, 0.1) is 0 Å². The summed E-state index contributed by atoms with van der Waals surface area (Å²) in [7, 11) is -3.36. The number of carbonyl (C=O) groups excluding carboxylic acids is 2. The zero-order valence-corrected chi connectivity index (χ0v) is 62.8. The number of carboxylic acids is 1. The molecule has 11 atom stereocenters. The number of aromatic nitrogens is 2. The number of phosphoric acid groups is 1. The molecular formula is C53H113N4Na2O16PS5. The number of carbonyl (C=O) groups is 2. The molecule has 9 N–H and O–H groups in total. The van der Waals surface area contributed by atoms with Crippen molar-refractivity contribution in [3.8, 4) is 0 Å². The predicted octanol–water partition coefficient (Wildman–Crippen LogP) is 2.32. The summed E-state index contributed by atoms with van der Waals surface area (Å²) in [5.41, 5.74) is 4.45. The summed E-state index contributed by atoms with van der Waals surface area (Å²) >= 11 is 5.98. The number of unbranched alkanes of at least 4 members (excludes halogenated alkanes) is 2. The molecule has 28 heteroatoms. The first kappa shape index (κ1) is 101. The minimum absolute atomic E-state index is 0. The van der Waals surface area contributed by atoms with Gasteiger partial charge in [0.05, 0.1) is 31.1 Å². The zero-order valence-electron chi connectivity index (χ0n) is 53.8. The van der Waals surface area contributed by atoms with E-state index in [4.69, 9.17) is 15.2 Å². The third kappa shape index (κ3) is 51.7. The van der Waals surface area contributed by atoms with E-state index in [-0.39, 0.29) is 70.7 Å². The first-order valence-corrected chi connectivity index (χ1v) is 35.8. The van der Waals surface area contributed by atoms with Gasteiger partial charge in [0, 0.05) is 18.4 Å². The Labute approximate surface area is 556 Å². The van der Waals surface area contributed by atoms with Crippen LogP contribution >= 0.6 is 64.7 Å². The van der Waals surface area contributed by atoms with E-state index in [2.05, 4.69) is 102 Å². The smallest absolute Gasteiger partial charge is 0.756 e. The Kier molecular flexibility index (Phi) is 87.7. The molecule has 0 aliphatic carbocycles. The molecule has 20 nitrogen and oxygen atoms in total. The van der Waals surface area contributed by atoms with E-state index >= 15 is 0 Å². The number of thioether (sulfide) groups is 3. The molecule has 81 heavy (non-hydrogen) atoms. The topological polar surface area (TPSA) is 329 Å². The second kappa shape index (κ2) is 70.2. The Bertz CT molecular complexity index is 1580. The average molecular weight is 1300 g/mol. The van der Waals surface area contributed by atoms with Gasteiger partial charge in [-0.1, -0.05) is 185 Å². The van der Waals surface area contributed by atoms with Crippen molar-refractivity contribution in [2.45, 2.75) is 244 Å². The number of nitrogens with two attached hydrogens (primary N) is 1. The number of ether oxygens (including phenoxy) is 2. The van der Waals surface area contributed by atoms with E-state index in [1.54, 1.807) is 0 Å². The number of hydrogen-bond acceptors (Lipinski definition) is 23. The molecule has 2 fully saturated rings. The summed E-state index contributed by atoms with van der Waals surface area (Å²) in [6, 6.07) is -0.439. The number of amides is 1. The molecule has 2 aliphatic heterocycles. The molecule has 0 aromatic carbocycles. The molecule has 478 valence electrons. The van der Waals surface area contributed by atoms with Crippen molar-refractivity contribution < 1.29 is 132 Å². The van der Waals surface area contributed by atoms with Crippen LogP contribution in [0.15, 0.2) is 17.1 Å². The monoisotopic (exact) mass is 1300 g/mol. The van der Waals surface area contributed by atoms with Gasteiger partial charge in [-0.2, -0.15) is 40.3 Å². The minimum atomic E-state index is -5.83. The molecule has 0 spiro atoms. The molecule has 2 saturated heterocycles. The Morgan fingerprint density at radius 3 is 1.60 bits per heavy atom. The molecule has 2 aliphatic rings. The van der Waals surface area contributed by atoms with Gasteiger partial charge < -0.3 is 70.5 Å². The van der Waals surface area contributed by atoms with E-state index < -0.39 is 106 Å². The van der Waals surface area contributed by atoms with Gasteiger partial charge in [0.15, 0.2) is 6.23 Å². The van der Waals surface area contributed by atoms with Crippen LogP contribution in [0.2, 0.25) is 0 Å². The Balaban J connectivity index is -0.000000168. The Hall–Kier alpha value is 1.16. The number of aliphatic hydroxyl groups excluding tert-OH is 6. The number of phosphoric ester groups is 1. The van der Waals surface area contributed by atoms with Crippen LogP contribution in [0.1, 0.15) is 189 Å². The van der Waals surface area contributed by atoms with Crippen LogP contribution in [-0.4, -0.2) is 166 Å². The first-order chi connectivity index (χ1) is 37.5. The fraction of sp³-hybridized carbons (Fsp3) is 0.887. The van der Waals surface area contributed by atoms with E-state index in [9.17, 15) is 59.6 Å². The van der Waals surface area contributed by atoms with Crippen LogP contribution in [0.4, 0.5) is 5.82 Å². The number of nitrogens with one attached hydrogen (secondary N) is 1. The van der Waals surface area contributed by atoms with Crippen molar-refractivity contribution >= 4 is 82.4 Å². The van der Waals surface area contributed by atoms with Gasteiger partial charge in [-0.25, -0.2) is 4.79 Å². The molecule has 0 radical (unpaired) electrons. The molecule has 3 heterocycles. The van der Waals surface area contributed by atoms with Crippen LogP contribution in [0.5, 0.6) is 0 Å². The van der Waals surface area contributed by atoms with Gasteiger partial charge >= 0.3 is 64.8 Å². The normalized spacial score (nSPS) is 21.3. The number of nitrogen functional groups attached to an aromatic ring is 1. The van der Waals surface area contributed by atoms with Gasteiger partial charge in [0.25, 0.3) is 7.82 Å². The fourth-order valence-electron chi connectivity index (χ4n) is 5.25. The van der Waals surface area contributed by atoms with E-state index in [0.717, 1.165) is 21.6 Å². The van der Waals surface area contributed by atoms with E-state index in [0.29, 0.717) is 5.75 Å². The summed E-state index contributed by atoms with van der Waals surface area (Å²) in [4.78, 5) is 53.0. The molecule has 0 bridgehead atoms. The summed E-state index contributed by atoms with van der Waals surface area (Å²) < 4.78 is 33.5. The molecule has 1 amide bonds. The van der Waals surface area contributed by atoms with Gasteiger partial charge in [-0.3, -0.25) is 18.5 Å². The molecule has 1 aromatic rings. The van der Waals surface area contributed by atoms with Gasteiger partial charge in [-0.15, -0.1) is 0 Å². The molecular weight excluding hydrogens is 1190 g/mol. The summed E-state index contributed by atoms with van der Waals surface area (Å²) in [6.07, 6.45) is -6.03. The number of anilines is 1. The van der Waals surface area contributed by atoms with Crippen LogP contribution < -0.4 is 85.9 Å². The third-order valence-corrected chi connectivity index (χ3v) is 15.5. The molecule has 0 saturated carbocycles. The second-order valence-electron chi connectivity index (χ2n) is 15.7. The number of aliphatic carboxylic acids is 1. The maximum Gasteiger partial charge on any atom is 1.00 e. The Morgan fingerprint density at radius 1 is 0.802 bits per heavy atom. The first-order valence-electron chi connectivity index (χ1n) is 28.4. The van der Waals surface area contributed by atoms with Crippen molar-refractivity contribution in [1.29, 1.82) is 0 Å². The van der Waals surface area contributed by atoms with Crippen LogP contribution in [-0.2, 0) is 32.7 Å². The van der Waals surface area contributed by atoms with Crippen molar-refractivity contribution in [2.75, 3.05) is 65.0 Å². The number of rotatable bonds is 25. The largest absolute Gasteiger partial charge is 1.00 e. The molecule has 9 unspecified atom stereocenters. The van der Waals surface area contributed by atoms with Gasteiger partial charge in [0.1, 0.15) is 48.4 Å². The fourth-order valence-corrected chi connectivity index (χ4v) is 9.26. The van der Waals surface area contributed by atoms with Crippen molar-refractivity contribution in [1.82, 2.24) is 14.9 Å². The summed E-state index contributed by atoms with van der Waals surface area (Å²) in [5, 5.41) is 75.9. The standard InChI is InChI=1S/C22H35N4O16PS2.2C5H12S.C4H10S.2C4H10.C3H8.3C2H6.2Na/c1-2-44-45-8-13(30)25-14-9(28)5-22(20(34)35,41-18(14)15(31)10(29)6-27)42-43(37,38)39-7-11-16(32)17(33)19(40-11)26-4-3-12(23)24-21(26)36;2*1-3-5-6-4-2;1-3-5-4-2;2*1-3-4-2;1-3-2;3*1-2;;/h3-4,9-11,14-19,27-29,31-33H,2,5-8H2,1H3,(H,25,30)(H,34,35)(H,37,38)(H2,23,24,36);2*3-5H2,1-2H3;3-4H2,1-2H3;2*3-4H2,1-2H3;3H2,1-2H3;3*1-2H3;;/q;;;;;;;;;;2*+1/p-2/t9?,10-,11?,14?,15-,16?,17?,18?,19?,22?;;;;;;;;;;;/m1.........../s1. The van der Waals surface area contributed by atoms with Crippen molar-refractivity contribution in [2.24, 2.45) is 0 Å². The maximum atomic E-state index is 12.8. The maximum absolute atomic E-state index is 12.8. The van der Waals surface area contributed by atoms with Crippen LogP contribution in [0.3, 0.4) is 0 Å². The number of aliphatic hydroxyl groups is 6. The van der Waals surface area contributed by atoms with Crippen molar-refractivity contribution in [3.05, 3.63) is 22.7 Å². The van der Waals surface area contributed by atoms with E-state index in [1.807, 2.05) is 83.8 Å². The van der Waals surface area contributed by atoms with Gasteiger partial charge in [0.2, 0.25) is 11.7 Å². The average Bonchev–Trinajstić information content (AvgIpc) is 3.72. The minimum Gasteiger partial charge on any atom is -0.756 e. The summed E-state index contributed by atoms with van der Waals surface area (Å²) in [5.74, 6) is 1.62.